The molecular weight excluding hydrogens is 556 g/mol. The number of aliphatic hydroxyl groups excluding tert-OH is 1. The zero-order chi connectivity index (χ0) is 31.8. The molecule has 0 saturated carbocycles. The summed E-state index contributed by atoms with van der Waals surface area (Å²) in [6.07, 6.45) is 5.72. The molecule has 0 radical (unpaired) electrons. The summed E-state index contributed by atoms with van der Waals surface area (Å²) in [5, 5.41) is 12.7. The summed E-state index contributed by atoms with van der Waals surface area (Å²) >= 11 is 0. The van der Waals surface area contributed by atoms with Gasteiger partial charge in [-0.2, -0.15) is 0 Å². The minimum atomic E-state index is -1.24. The van der Waals surface area contributed by atoms with Crippen molar-refractivity contribution in [2.24, 2.45) is 23.7 Å². The first-order valence-corrected chi connectivity index (χ1v) is 15.9. The second-order valence-electron chi connectivity index (χ2n) is 13.3. The number of carbonyl (C=O) groups is 3. The molecule has 3 fully saturated rings. The molecule has 3 unspecified atom stereocenters. The van der Waals surface area contributed by atoms with Crippen molar-refractivity contribution in [3.8, 4) is 0 Å². The number of anilines is 1. The molecule has 8 heteroatoms. The summed E-state index contributed by atoms with van der Waals surface area (Å²) in [5.74, 6) is -2.84. The minimum Gasteiger partial charge on any atom is -0.465 e. The van der Waals surface area contributed by atoms with Crippen molar-refractivity contribution in [1.29, 1.82) is 0 Å². The third-order valence-electron chi connectivity index (χ3n) is 10.0. The first kappa shape index (κ1) is 31.9. The number of benzene rings is 2. The Kier molecular flexibility index (Phi) is 9.06. The van der Waals surface area contributed by atoms with Crippen molar-refractivity contribution in [1.82, 2.24) is 4.90 Å². The quantitative estimate of drug-likeness (QED) is 0.190. The van der Waals surface area contributed by atoms with Gasteiger partial charge in [-0.1, -0.05) is 63.3 Å². The Labute approximate surface area is 260 Å². The van der Waals surface area contributed by atoms with Crippen LogP contribution in [0.15, 0.2) is 67.8 Å². The number of likely N-dealkylation sites (tertiary alicyclic amines) is 1. The maximum Gasteiger partial charge on any atom is 0.312 e. The average Bonchev–Trinajstić information content (AvgIpc) is 3.52. The van der Waals surface area contributed by atoms with Crippen LogP contribution in [0.4, 0.5) is 5.69 Å². The lowest BCUT2D eigenvalue weighted by molar-refractivity contribution is -0.162. The lowest BCUT2D eigenvalue weighted by Gasteiger charge is -2.40. The number of allylic oxidation sites excluding steroid dienone is 1. The molecule has 0 aromatic heterocycles. The Morgan fingerprint density at radius 2 is 1.91 bits per heavy atom. The summed E-state index contributed by atoms with van der Waals surface area (Å²) in [6.45, 7) is 15.7. The van der Waals surface area contributed by atoms with Crippen LogP contribution in [0.5, 0.6) is 0 Å². The molecule has 1 N–H and O–H groups in total. The molecule has 2 aromatic rings. The summed E-state index contributed by atoms with van der Waals surface area (Å²) in [6, 6.07) is 12.1. The molecule has 3 saturated heterocycles. The lowest BCUT2D eigenvalue weighted by Crippen LogP contribution is -2.59. The van der Waals surface area contributed by atoms with Crippen molar-refractivity contribution in [2.75, 3.05) is 24.7 Å². The molecule has 236 valence electrons. The summed E-state index contributed by atoms with van der Waals surface area (Å²) in [7, 11) is 0. The van der Waals surface area contributed by atoms with Crippen LogP contribution < -0.4 is 4.90 Å². The number of esters is 1. The van der Waals surface area contributed by atoms with Gasteiger partial charge in [0.2, 0.25) is 5.91 Å². The molecule has 44 heavy (non-hydrogen) atoms. The Morgan fingerprint density at radius 1 is 1.18 bits per heavy atom. The number of unbranched alkanes of at least 4 members (excludes halogenated alkanes) is 1. The number of amides is 2. The van der Waals surface area contributed by atoms with Crippen LogP contribution in [-0.2, 0) is 23.9 Å². The summed E-state index contributed by atoms with van der Waals surface area (Å²) < 4.78 is 12.6. The molecule has 3 heterocycles. The van der Waals surface area contributed by atoms with Gasteiger partial charge >= 0.3 is 5.97 Å². The van der Waals surface area contributed by atoms with Crippen LogP contribution >= 0.6 is 0 Å². The predicted molar refractivity (Wildman–Crippen MR) is 171 cm³/mol. The van der Waals surface area contributed by atoms with Crippen molar-refractivity contribution < 1.29 is 29.0 Å². The van der Waals surface area contributed by atoms with Gasteiger partial charge in [-0.3, -0.25) is 14.4 Å². The summed E-state index contributed by atoms with van der Waals surface area (Å²) in [5.41, 5.74) is -1.54. The van der Waals surface area contributed by atoms with Crippen LogP contribution in [0, 0.1) is 23.7 Å². The largest absolute Gasteiger partial charge is 0.465 e. The lowest BCUT2D eigenvalue weighted by atomic mass is 9.62. The van der Waals surface area contributed by atoms with E-state index in [1.807, 2.05) is 70.2 Å². The van der Waals surface area contributed by atoms with Gasteiger partial charge in [0.1, 0.15) is 17.6 Å². The molecule has 0 aliphatic carbocycles. The summed E-state index contributed by atoms with van der Waals surface area (Å²) in [4.78, 5) is 46.6. The molecule has 2 bridgehead atoms. The third-order valence-corrected chi connectivity index (χ3v) is 10.0. The molecule has 3 aliphatic rings. The fourth-order valence-electron chi connectivity index (χ4n) is 7.96. The van der Waals surface area contributed by atoms with Crippen molar-refractivity contribution in [3.63, 3.8) is 0 Å². The van der Waals surface area contributed by atoms with Gasteiger partial charge in [0.05, 0.1) is 30.8 Å². The number of aliphatic hydroxyl groups is 1. The molecule has 5 rings (SSSR count). The third kappa shape index (κ3) is 5.16. The monoisotopic (exact) mass is 602 g/mol. The fraction of sp³-hybridized carbons (Fsp3) is 0.528. The molecule has 7 atom stereocenters. The van der Waals surface area contributed by atoms with Crippen LogP contribution in [0.2, 0.25) is 0 Å². The number of nitrogens with zero attached hydrogens (tertiary/aromatic N) is 2. The van der Waals surface area contributed by atoms with Crippen molar-refractivity contribution in [2.45, 2.75) is 76.7 Å². The van der Waals surface area contributed by atoms with Crippen LogP contribution in [0.25, 0.3) is 10.8 Å². The van der Waals surface area contributed by atoms with Crippen LogP contribution in [0.1, 0.15) is 53.4 Å². The first-order chi connectivity index (χ1) is 21.0. The van der Waals surface area contributed by atoms with E-state index in [1.54, 1.807) is 22.0 Å². The second-order valence-corrected chi connectivity index (χ2v) is 13.3. The van der Waals surface area contributed by atoms with Gasteiger partial charge in [-0.15, -0.1) is 13.2 Å². The Hall–Kier alpha value is -3.49. The molecule has 3 aliphatic heterocycles. The number of hydrogen-bond acceptors (Lipinski definition) is 6. The Balaban J connectivity index is 1.61. The number of hydrogen-bond donors (Lipinski definition) is 1. The van der Waals surface area contributed by atoms with E-state index in [1.165, 1.54) is 0 Å². The van der Waals surface area contributed by atoms with E-state index >= 15 is 0 Å². The highest BCUT2D eigenvalue weighted by atomic mass is 16.6. The Morgan fingerprint density at radius 3 is 2.57 bits per heavy atom. The highest BCUT2D eigenvalue weighted by Crippen LogP contribution is 2.66. The standard InChI is InChI=1S/C36H46N2O6/c1-7-9-12-18-43-34(42)30-29-32(40)38(28(22-39)19-23(3)4)31(36(29)21-24(5)35(30,6)44-36)33(41)37(17-8-2)27-16-15-25-13-10-11-14-26(25)20-27/h7-8,10-11,13-16,20,23-24,28-31,39H,1-2,9,12,17-19,21-22H2,3-6H3/t24?,28-,29+,30-,31?,35+,36?/m1/s1. The average molecular weight is 603 g/mol. The highest BCUT2D eigenvalue weighted by Gasteiger charge is 2.80. The van der Waals surface area contributed by atoms with Gasteiger partial charge in [0.25, 0.3) is 5.91 Å². The van der Waals surface area contributed by atoms with E-state index in [4.69, 9.17) is 9.47 Å². The number of carbonyl (C=O) groups excluding carboxylic acids is 3. The van der Waals surface area contributed by atoms with Crippen molar-refractivity contribution in [3.05, 3.63) is 67.8 Å². The van der Waals surface area contributed by atoms with Crippen LogP contribution in [-0.4, -0.2) is 70.8 Å². The SMILES string of the molecule is C=CCCCOC(=O)[C@H]1[C@H]2C(=O)N([C@@H](CO)CC(C)C)C(C(=O)N(CC=C)c3ccc4ccccc4c3)C23CC(C)[C@]1(C)O3. The first-order valence-electron chi connectivity index (χ1n) is 15.9. The smallest absolute Gasteiger partial charge is 0.312 e. The Bertz CT molecular complexity index is 1440. The van der Waals surface area contributed by atoms with Gasteiger partial charge in [-0.25, -0.2) is 0 Å². The number of fused-ring (bicyclic) bond motifs is 2. The normalized spacial score (nSPS) is 29.6. The van der Waals surface area contributed by atoms with Crippen LogP contribution in [0.3, 0.4) is 0 Å². The van der Waals surface area contributed by atoms with Gasteiger partial charge in [0.15, 0.2) is 0 Å². The van der Waals surface area contributed by atoms with Gasteiger partial charge in [0, 0.05) is 12.2 Å². The highest BCUT2D eigenvalue weighted by molar-refractivity contribution is 6.06. The van der Waals surface area contributed by atoms with E-state index in [9.17, 15) is 19.5 Å². The minimum absolute atomic E-state index is 0.112. The molecule has 1 spiro atoms. The maximum absolute atomic E-state index is 15.0. The molecule has 8 nitrogen and oxygen atoms in total. The van der Waals surface area contributed by atoms with E-state index < -0.39 is 41.1 Å². The van der Waals surface area contributed by atoms with E-state index in [0.717, 1.165) is 10.8 Å². The van der Waals surface area contributed by atoms with E-state index in [0.29, 0.717) is 31.4 Å². The van der Waals surface area contributed by atoms with Gasteiger partial charge < -0.3 is 24.4 Å². The zero-order valence-corrected chi connectivity index (χ0v) is 26.4. The van der Waals surface area contributed by atoms with Gasteiger partial charge in [-0.05, 0) is 67.3 Å². The zero-order valence-electron chi connectivity index (χ0n) is 26.4. The molecule has 2 amide bonds. The van der Waals surface area contributed by atoms with E-state index in [2.05, 4.69) is 13.2 Å². The molecular formula is C36H46N2O6. The predicted octanol–water partition coefficient (Wildman–Crippen LogP) is 5.29. The number of rotatable bonds is 13. The maximum atomic E-state index is 15.0. The van der Waals surface area contributed by atoms with E-state index in [-0.39, 0.29) is 43.4 Å². The fourth-order valence-corrected chi connectivity index (χ4v) is 7.96. The second kappa shape index (κ2) is 12.5. The number of ether oxygens (including phenoxy) is 2. The van der Waals surface area contributed by atoms with Crippen molar-refractivity contribution >= 4 is 34.2 Å². The molecule has 2 aromatic carbocycles. The topological polar surface area (TPSA) is 96.4 Å².